The molecule has 0 amide bonds. The molecule has 0 aliphatic rings. The van der Waals surface area contributed by atoms with Crippen molar-refractivity contribution in [2.45, 2.75) is 45.3 Å². The summed E-state index contributed by atoms with van der Waals surface area (Å²) >= 11 is 0. The summed E-state index contributed by atoms with van der Waals surface area (Å²) in [4.78, 5) is 52.0. The van der Waals surface area contributed by atoms with E-state index in [0.717, 1.165) is 0 Å². The Morgan fingerprint density at radius 2 is 1.20 bits per heavy atom. The van der Waals surface area contributed by atoms with Gasteiger partial charge in [-0.15, -0.1) is 0 Å². The normalized spacial score (nSPS) is 11.5. The molecule has 2 N–H and O–H groups in total. The average Bonchev–Trinajstić information content (AvgIpc) is 3.19. The smallest absolute Gasteiger partial charge is 0.343 e. The molecule has 15 heteroatoms. The number of ether oxygens (including phenoxy) is 7. The Morgan fingerprint density at radius 1 is 0.714 bits per heavy atom. The highest BCUT2D eigenvalue weighted by molar-refractivity contribution is 5.94. The molecule has 0 spiro atoms. The zero-order valence-electron chi connectivity index (χ0n) is 31.0. The first-order valence-electron chi connectivity index (χ1n) is 17.3. The molecule has 3 aromatic carbocycles. The van der Waals surface area contributed by atoms with Crippen LogP contribution < -0.4 is 18.9 Å². The second-order valence-electron chi connectivity index (χ2n) is 12.2. The number of unbranched alkanes of at least 4 members (excludes halogenated alkanes) is 1. The quantitative estimate of drug-likeness (QED) is 0.0429. The van der Waals surface area contributed by atoms with E-state index >= 15 is 0 Å². The number of aliphatic hydroxyl groups excluding tert-OH is 2. The summed E-state index contributed by atoms with van der Waals surface area (Å²) in [5, 5.41) is 29.6. The Bertz CT molecular complexity index is 1940. The van der Waals surface area contributed by atoms with Crippen LogP contribution in [0.5, 0.6) is 23.0 Å². The van der Waals surface area contributed by atoms with Crippen LogP contribution in [0.3, 0.4) is 0 Å². The standard InChI is InChI=1S/C41H42N2O13/c1-26(2)38(46)53-24-30(44)18-21-52-33-14-10-28(11-15-33)40(48)55-35-16-17-36(37(43-5)34(35)22-42)56-41(49)29-8-12-32(13-9-29)51-20-7-6-19-50-23-31(45)25-54-39(47)27(3)4/h8-17,30-31,44-45H,1,3,6-7,18-21,23-25H2,2,4H3. The van der Waals surface area contributed by atoms with Crippen molar-refractivity contribution < 1.29 is 62.5 Å². The van der Waals surface area contributed by atoms with Crippen molar-refractivity contribution in [2.75, 3.05) is 39.6 Å². The van der Waals surface area contributed by atoms with E-state index in [4.69, 9.17) is 39.7 Å². The second kappa shape index (κ2) is 22.6. The van der Waals surface area contributed by atoms with E-state index in [9.17, 15) is 34.7 Å². The third kappa shape index (κ3) is 14.4. The molecule has 2 atom stereocenters. The summed E-state index contributed by atoms with van der Waals surface area (Å²) in [5.74, 6) is -2.33. The van der Waals surface area contributed by atoms with Crippen molar-refractivity contribution >= 4 is 29.6 Å². The lowest BCUT2D eigenvalue weighted by atomic mass is 10.1. The molecule has 294 valence electrons. The molecular weight excluding hydrogens is 728 g/mol. The Labute approximate surface area is 324 Å². The molecule has 0 radical (unpaired) electrons. The average molecular weight is 771 g/mol. The molecule has 2 unspecified atom stereocenters. The SMILES string of the molecule is [C-]#[N+]c1c(OC(=O)c2ccc(OCCCCOCC(O)COC(=O)C(=C)C)cc2)ccc(OC(=O)c2ccc(OCCC(O)COC(=O)C(=C)C)cc2)c1C#N. The Morgan fingerprint density at radius 3 is 1.71 bits per heavy atom. The van der Waals surface area contributed by atoms with Crippen molar-refractivity contribution in [3.8, 4) is 29.1 Å². The maximum absolute atomic E-state index is 12.9. The number of hydrogen-bond donors (Lipinski definition) is 2. The molecule has 0 saturated heterocycles. The van der Waals surface area contributed by atoms with E-state index in [2.05, 4.69) is 18.0 Å². The van der Waals surface area contributed by atoms with Gasteiger partial charge in [0.1, 0.15) is 47.9 Å². The number of esters is 4. The molecule has 3 aromatic rings. The minimum atomic E-state index is -0.946. The fourth-order valence-electron chi connectivity index (χ4n) is 4.38. The number of nitriles is 1. The fraction of sp³-hybridized carbons (Fsp3) is 0.317. The Balaban J connectivity index is 1.46. The van der Waals surface area contributed by atoms with E-state index in [1.807, 2.05) is 6.07 Å². The third-order valence-electron chi connectivity index (χ3n) is 7.40. The van der Waals surface area contributed by atoms with Gasteiger partial charge >= 0.3 is 23.9 Å². The van der Waals surface area contributed by atoms with Crippen LogP contribution >= 0.6 is 0 Å². The topological polar surface area (TPSA) is 201 Å². The molecule has 0 aliphatic carbocycles. The van der Waals surface area contributed by atoms with Crippen LogP contribution in [0.4, 0.5) is 5.69 Å². The first-order valence-corrected chi connectivity index (χ1v) is 17.3. The summed E-state index contributed by atoms with van der Waals surface area (Å²) in [6.45, 7) is 18.0. The molecule has 15 nitrogen and oxygen atoms in total. The van der Waals surface area contributed by atoms with Gasteiger partial charge in [-0.2, -0.15) is 5.26 Å². The first-order chi connectivity index (χ1) is 26.8. The Kier molecular flexibility index (Phi) is 17.7. The highest BCUT2D eigenvalue weighted by atomic mass is 16.6. The van der Waals surface area contributed by atoms with E-state index in [0.29, 0.717) is 37.6 Å². The van der Waals surface area contributed by atoms with E-state index in [-0.39, 0.29) is 77.9 Å². The van der Waals surface area contributed by atoms with Crippen molar-refractivity contribution in [1.82, 2.24) is 0 Å². The first kappa shape index (κ1) is 43.9. The molecule has 0 bridgehead atoms. The van der Waals surface area contributed by atoms with Gasteiger partial charge in [0.15, 0.2) is 0 Å². The van der Waals surface area contributed by atoms with Gasteiger partial charge in [-0.1, -0.05) is 13.2 Å². The molecule has 0 aromatic heterocycles. The molecule has 56 heavy (non-hydrogen) atoms. The van der Waals surface area contributed by atoms with Crippen LogP contribution in [0.1, 0.15) is 59.4 Å². The zero-order valence-corrected chi connectivity index (χ0v) is 31.0. The van der Waals surface area contributed by atoms with Crippen LogP contribution in [0.2, 0.25) is 0 Å². The Hall–Kier alpha value is -6.52. The van der Waals surface area contributed by atoms with Crippen LogP contribution in [-0.4, -0.2) is 85.9 Å². The number of carbonyl (C=O) groups excluding carboxylic acids is 4. The maximum Gasteiger partial charge on any atom is 0.343 e. The monoisotopic (exact) mass is 770 g/mol. The highest BCUT2D eigenvalue weighted by Crippen LogP contribution is 2.38. The summed E-state index contributed by atoms with van der Waals surface area (Å²) in [6, 6.07) is 16.3. The number of carbonyl (C=O) groups is 4. The summed E-state index contributed by atoms with van der Waals surface area (Å²) in [6.07, 6.45) is -0.424. The number of nitrogens with zero attached hydrogens (tertiary/aromatic N) is 2. The highest BCUT2D eigenvalue weighted by Gasteiger charge is 2.21. The lowest BCUT2D eigenvalue weighted by Crippen LogP contribution is -2.24. The summed E-state index contributed by atoms with van der Waals surface area (Å²) in [5.41, 5.74) is 0.0990. The molecule has 3 rings (SSSR count). The third-order valence-corrected chi connectivity index (χ3v) is 7.40. The zero-order chi connectivity index (χ0) is 41.0. The molecular formula is C41H42N2O13. The number of benzene rings is 3. The van der Waals surface area contributed by atoms with Crippen LogP contribution in [0.25, 0.3) is 4.85 Å². The van der Waals surface area contributed by atoms with Crippen molar-refractivity contribution in [1.29, 1.82) is 5.26 Å². The minimum absolute atomic E-state index is 0.0119. The lowest BCUT2D eigenvalue weighted by molar-refractivity contribution is -0.143. The molecule has 0 saturated carbocycles. The van der Waals surface area contributed by atoms with Crippen molar-refractivity contribution in [3.05, 3.63) is 113 Å². The number of hydrogen-bond acceptors (Lipinski definition) is 14. The predicted molar refractivity (Wildman–Crippen MR) is 199 cm³/mol. The minimum Gasteiger partial charge on any atom is -0.494 e. The predicted octanol–water partition coefficient (Wildman–Crippen LogP) is 5.45. The van der Waals surface area contributed by atoms with Gasteiger partial charge in [-0.25, -0.2) is 24.0 Å². The van der Waals surface area contributed by atoms with Crippen LogP contribution in [0.15, 0.2) is 85.0 Å². The summed E-state index contributed by atoms with van der Waals surface area (Å²) in [7, 11) is 0. The molecule has 0 fully saturated rings. The maximum atomic E-state index is 12.9. The van der Waals surface area contributed by atoms with Gasteiger partial charge in [-0.05, 0) is 87.4 Å². The van der Waals surface area contributed by atoms with Crippen LogP contribution in [-0.2, 0) is 23.8 Å². The van der Waals surface area contributed by atoms with Gasteiger partial charge in [0.25, 0.3) is 0 Å². The number of aliphatic hydroxyl groups is 2. The second-order valence-corrected chi connectivity index (χ2v) is 12.2. The molecule has 0 aliphatic heterocycles. The van der Waals surface area contributed by atoms with E-state index in [1.54, 1.807) is 12.1 Å². The van der Waals surface area contributed by atoms with Crippen molar-refractivity contribution in [3.63, 3.8) is 0 Å². The van der Waals surface area contributed by atoms with Gasteiger partial charge < -0.3 is 43.4 Å². The van der Waals surface area contributed by atoms with Crippen molar-refractivity contribution in [2.24, 2.45) is 0 Å². The molecule has 0 heterocycles. The van der Waals surface area contributed by atoms with Crippen LogP contribution in [0, 0.1) is 17.9 Å². The van der Waals surface area contributed by atoms with Gasteiger partial charge in [-0.3, -0.25) is 0 Å². The van der Waals surface area contributed by atoms with E-state index in [1.165, 1.54) is 62.4 Å². The largest absolute Gasteiger partial charge is 0.494 e. The lowest BCUT2D eigenvalue weighted by Gasteiger charge is -2.13. The van der Waals surface area contributed by atoms with Gasteiger partial charge in [0, 0.05) is 24.2 Å². The number of rotatable bonds is 22. The van der Waals surface area contributed by atoms with E-state index < -0.39 is 36.1 Å². The van der Waals surface area contributed by atoms with Gasteiger partial charge in [0.2, 0.25) is 5.69 Å². The van der Waals surface area contributed by atoms with Gasteiger partial charge in [0.05, 0.1) is 49.7 Å². The fourth-order valence-corrected chi connectivity index (χ4v) is 4.38. The summed E-state index contributed by atoms with van der Waals surface area (Å²) < 4.78 is 37.3.